The Bertz CT molecular complexity index is 871. The minimum absolute atomic E-state index is 0.202. The Morgan fingerprint density at radius 1 is 1.12 bits per heavy atom. The number of nitrogens with zero attached hydrogens (tertiary/aromatic N) is 2. The smallest absolute Gasteiger partial charge is 0.148 e. The lowest BCUT2D eigenvalue weighted by Gasteiger charge is -2.10. The quantitative estimate of drug-likeness (QED) is 0.778. The van der Waals surface area contributed by atoms with Crippen molar-refractivity contribution in [2.24, 2.45) is 0 Å². The first kappa shape index (κ1) is 14.9. The molecule has 1 aromatic heterocycles. The molecule has 0 aliphatic heterocycles. The molecule has 24 heavy (non-hydrogen) atoms. The summed E-state index contributed by atoms with van der Waals surface area (Å²) in [5.41, 5.74) is 2.41. The van der Waals surface area contributed by atoms with E-state index in [-0.39, 0.29) is 12.4 Å². The number of hydrogen-bond donors (Lipinski definition) is 1. The van der Waals surface area contributed by atoms with Crippen molar-refractivity contribution in [3.8, 4) is 22.7 Å². The highest BCUT2D eigenvalue weighted by atomic mass is 19.1. The number of aliphatic hydroxyl groups excluding tert-OH is 1. The van der Waals surface area contributed by atoms with Crippen molar-refractivity contribution in [1.29, 1.82) is 0 Å². The molecule has 0 saturated heterocycles. The molecule has 1 aliphatic rings. The first-order valence-corrected chi connectivity index (χ1v) is 7.96. The zero-order valence-electron chi connectivity index (χ0n) is 13.0. The summed E-state index contributed by atoms with van der Waals surface area (Å²) >= 11 is 0. The van der Waals surface area contributed by atoms with Gasteiger partial charge in [0.05, 0.1) is 24.1 Å². The summed E-state index contributed by atoms with van der Waals surface area (Å²) in [5.74, 6) is 0.429. The molecule has 1 N–H and O–H groups in total. The van der Waals surface area contributed by atoms with Crippen LogP contribution in [0.3, 0.4) is 0 Å². The van der Waals surface area contributed by atoms with Gasteiger partial charge < -0.3 is 9.84 Å². The Labute approximate surface area is 139 Å². The van der Waals surface area contributed by atoms with Crippen LogP contribution in [0.15, 0.2) is 54.6 Å². The van der Waals surface area contributed by atoms with Gasteiger partial charge in [-0.15, -0.1) is 0 Å². The zero-order valence-corrected chi connectivity index (χ0v) is 13.0. The van der Waals surface area contributed by atoms with E-state index in [1.54, 1.807) is 24.3 Å². The molecule has 4 rings (SSSR count). The standard InChI is InChI=1S/C19H17FN2O2/c20-17-6-1-2-7-18(17)22-19(11-14(12-23)21-22)13-4-3-5-16(10-13)24-15-8-9-15/h1-7,10-11,15,23H,8-9,12H2. The first-order chi connectivity index (χ1) is 11.7. The largest absolute Gasteiger partial charge is 0.490 e. The molecule has 0 radical (unpaired) electrons. The van der Waals surface area contributed by atoms with Crippen molar-refractivity contribution in [3.05, 3.63) is 66.1 Å². The second-order valence-corrected chi connectivity index (χ2v) is 5.89. The van der Waals surface area contributed by atoms with E-state index in [0.29, 0.717) is 23.2 Å². The van der Waals surface area contributed by atoms with Crippen LogP contribution in [-0.4, -0.2) is 21.0 Å². The number of halogens is 1. The Morgan fingerprint density at radius 2 is 1.96 bits per heavy atom. The maximum atomic E-state index is 14.2. The van der Waals surface area contributed by atoms with Gasteiger partial charge in [-0.2, -0.15) is 5.10 Å². The van der Waals surface area contributed by atoms with Crippen LogP contribution < -0.4 is 4.74 Å². The van der Waals surface area contributed by atoms with Gasteiger partial charge >= 0.3 is 0 Å². The number of aromatic nitrogens is 2. The highest BCUT2D eigenvalue weighted by Crippen LogP contribution is 2.31. The molecule has 5 heteroatoms. The van der Waals surface area contributed by atoms with E-state index in [2.05, 4.69) is 5.10 Å². The average Bonchev–Trinajstić information content (AvgIpc) is 3.31. The number of ether oxygens (including phenoxy) is 1. The Hall–Kier alpha value is -2.66. The lowest BCUT2D eigenvalue weighted by molar-refractivity contribution is 0.276. The molecule has 0 amide bonds. The summed E-state index contributed by atoms with van der Waals surface area (Å²) in [4.78, 5) is 0. The van der Waals surface area contributed by atoms with Gasteiger partial charge in [-0.05, 0) is 43.2 Å². The number of para-hydroxylation sites is 1. The van der Waals surface area contributed by atoms with Crippen molar-refractivity contribution in [3.63, 3.8) is 0 Å². The molecule has 3 aromatic rings. The van der Waals surface area contributed by atoms with Gasteiger partial charge in [0.25, 0.3) is 0 Å². The van der Waals surface area contributed by atoms with Crippen molar-refractivity contribution < 1.29 is 14.2 Å². The van der Waals surface area contributed by atoms with Gasteiger partial charge in [0.1, 0.15) is 17.3 Å². The van der Waals surface area contributed by atoms with Gasteiger partial charge in [-0.25, -0.2) is 9.07 Å². The van der Waals surface area contributed by atoms with Gasteiger partial charge in [0.15, 0.2) is 0 Å². The van der Waals surface area contributed by atoms with E-state index in [1.165, 1.54) is 10.7 Å². The van der Waals surface area contributed by atoms with Crippen LogP contribution in [0.5, 0.6) is 5.75 Å². The molecule has 1 heterocycles. The third-order valence-electron chi connectivity index (χ3n) is 3.96. The third kappa shape index (κ3) is 2.90. The highest BCUT2D eigenvalue weighted by molar-refractivity contribution is 5.64. The molecular weight excluding hydrogens is 307 g/mol. The van der Waals surface area contributed by atoms with Crippen molar-refractivity contribution in [2.75, 3.05) is 0 Å². The summed E-state index contributed by atoms with van der Waals surface area (Å²) in [6.45, 7) is -0.202. The highest BCUT2D eigenvalue weighted by Gasteiger charge is 2.23. The van der Waals surface area contributed by atoms with E-state index >= 15 is 0 Å². The van der Waals surface area contributed by atoms with E-state index in [0.717, 1.165) is 24.2 Å². The van der Waals surface area contributed by atoms with Gasteiger partial charge in [0, 0.05) is 5.56 Å². The summed E-state index contributed by atoms with van der Waals surface area (Å²) in [5, 5.41) is 13.8. The van der Waals surface area contributed by atoms with Gasteiger partial charge in [-0.3, -0.25) is 0 Å². The zero-order chi connectivity index (χ0) is 16.5. The van der Waals surface area contributed by atoms with Gasteiger partial charge in [-0.1, -0.05) is 24.3 Å². The van der Waals surface area contributed by atoms with E-state index in [9.17, 15) is 9.50 Å². The van der Waals surface area contributed by atoms with Crippen LogP contribution in [-0.2, 0) is 6.61 Å². The van der Waals surface area contributed by atoms with Crippen LogP contribution >= 0.6 is 0 Å². The SMILES string of the molecule is OCc1cc(-c2cccc(OC3CC3)c2)n(-c2ccccc2F)n1. The predicted molar refractivity (Wildman–Crippen MR) is 88.5 cm³/mol. The predicted octanol–water partition coefficient (Wildman–Crippen LogP) is 3.71. The second kappa shape index (κ2) is 6.09. The summed E-state index contributed by atoms with van der Waals surface area (Å²) in [7, 11) is 0. The first-order valence-electron chi connectivity index (χ1n) is 7.96. The normalized spacial score (nSPS) is 13.9. The average molecular weight is 324 g/mol. The molecule has 0 spiro atoms. The van der Waals surface area contributed by atoms with Crippen LogP contribution in [0.1, 0.15) is 18.5 Å². The molecule has 1 saturated carbocycles. The minimum atomic E-state index is -0.364. The van der Waals surface area contributed by atoms with Gasteiger partial charge in [0.2, 0.25) is 0 Å². The molecule has 0 unspecified atom stereocenters. The molecule has 1 fully saturated rings. The lowest BCUT2D eigenvalue weighted by atomic mass is 10.1. The third-order valence-corrected chi connectivity index (χ3v) is 3.96. The lowest BCUT2D eigenvalue weighted by Crippen LogP contribution is -2.03. The second-order valence-electron chi connectivity index (χ2n) is 5.89. The summed E-state index contributed by atoms with van der Waals surface area (Å²) in [6, 6.07) is 15.9. The molecular formula is C19H17FN2O2. The van der Waals surface area contributed by atoms with E-state index in [1.807, 2.05) is 24.3 Å². The van der Waals surface area contributed by atoms with Crippen LogP contribution in [0, 0.1) is 5.82 Å². The Morgan fingerprint density at radius 3 is 2.71 bits per heavy atom. The number of benzene rings is 2. The fourth-order valence-corrected chi connectivity index (χ4v) is 2.63. The fraction of sp³-hybridized carbons (Fsp3) is 0.211. The topological polar surface area (TPSA) is 47.3 Å². The van der Waals surface area contributed by atoms with Crippen molar-refractivity contribution >= 4 is 0 Å². The van der Waals surface area contributed by atoms with E-state index < -0.39 is 0 Å². The van der Waals surface area contributed by atoms with Crippen LogP contribution in [0.2, 0.25) is 0 Å². The molecule has 4 nitrogen and oxygen atoms in total. The molecule has 1 aliphatic carbocycles. The fourth-order valence-electron chi connectivity index (χ4n) is 2.63. The van der Waals surface area contributed by atoms with Crippen molar-refractivity contribution in [1.82, 2.24) is 9.78 Å². The summed E-state index contributed by atoms with van der Waals surface area (Å²) < 4.78 is 21.6. The van der Waals surface area contributed by atoms with E-state index in [4.69, 9.17) is 4.74 Å². The molecule has 122 valence electrons. The molecule has 0 bridgehead atoms. The number of rotatable bonds is 5. The molecule has 0 atom stereocenters. The monoisotopic (exact) mass is 324 g/mol. The maximum Gasteiger partial charge on any atom is 0.148 e. The number of hydrogen-bond acceptors (Lipinski definition) is 3. The summed E-state index contributed by atoms with van der Waals surface area (Å²) in [6.07, 6.45) is 2.49. The molecule has 2 aromatic carbocycles. The Kier molecular flexibility index (Phi) is 3.78. The minimum Gasteiger partial charge on any atom is -0.490 e. The van der Waals surface area contributed by atoms with Crippen molar-refractivity contribution in [2.45, 2.75) is 25.6 Å². The van der Waals surface area contributed by atoms with Crippen LogP contribution in [0.25, 0.3) is 16.9 Å². The number of aliphatic hydroxyl groups is 1. The van der Waals surface area contributed by atoms with Crippen LogP contribution in [0.4, 0.5) is 4.39 Å². The Balaban J connectivity index is 1.80. The maximum absolute atomic E-state index is 14.2.